The van der Waals surface area contributed by atoms with Crippen LogP contribution in [0.1, 0.15) is 137 Å². The Bertz CT molecular complexity index is 410. The molecule has 178 valence electrons. The van der Waals surface area contributed by atoms with E-state index in [0.29, 0.717) is 6.42 Å². The Morgan fingerprint density at radius 2 is 1.27 bits per heavy atom. The summed E-state index contributed by atoms with van der Waals surface area (Å²) in [5.74, 6) is 0.952. The van der Waals surface area contributed by atoms with Crippen LogP contribution in [0.5, 0.6) is 0 Å². The Morgan fingerprint density at radius 3 is 1.83 bits per heavy atom. The van der Waals surface area contributed by atoms with Crippen LogP contribution in [-0.4, -0.2) is 36.1 Å². The van der Waals surface area contributed by atoms with E-state index in [0.717, 1.165) is 18.8 Å². The highest BCUT2D eigenvalue weighted by molar-refractivity contribution is 5.69. The number of unbranched alkanes of at least 4 members (excludes halogenated alkanes) is 13. The van der Waals surface area contributed by atoms with Gasteiger partial charge in [-0.05, 0) is 52.5 Å². The average Bonchev–Trinajstić information content (AvgIpc) is 2.64. The number of ether oxygens (including phenoxy) is 1. The molecule has 0 aliphatic carbocycles. The number of nitrogens with zero attached hydrogens (tertiary/aromatic N) is 1. The first kappa shape index (κ1) is 27.5. The van der Waals surface area contributed by atoms with Gasteiger partial charge in [0, 0.05) is 19.5 Å². The lowest BCUT2D eigenvalue weighted by molar-refractivity contribution is -0.154. The lowest BCUT2D eigenvalue weighted by Gasteiger charge is -2.39. The predicted octanol–water partition coefficient (Wildman–Crippen LogP) is 7.91. The van der Waals surface area contributed by atoms with E-state index in [1.165, 1.54) is 110 Å². The van der Waals surface area contributed by atoms with Crippen LogP contribution < -0.4 is 0 Å². The molecule has 1 saturated heterocycles. The van der Waals surface area contributed by atoms with Gasteiger partial charge in [0.1, 0.15) is 5.60 Å². The summed E-state index contributed by atoms with van der Waals surface area (Å²) in [6.07, 6.45) is 22.3. The first-order valence-corrected chi connectivity index (χ1v) is 13.3. The zero-order valence-electron chi connectivity index (χ0n) is 21.0. The Kier molecular flexibility index (Phi) is 15.6. The van der Waals surface area contributed by atoms with E-state index < -0.39 is 0 Å². The Hall–Kier alpha value is -0.570. The number of hydrogen-bond acceptors (Lipinski definition) is 3. The van der Waals surface area contributed by atoms with Crippen LogP contribution in [-0.2, 0) is 9.53 Å². The molecule has 1 aliphatic heterocycles. The molecule has 0 aromatic carbocycles. The van der Waals surface area contributed by atoms with Crippen LogP contribution in [0.25, 0.3) is 0 Å². The van der Waals surface area contributed by atoms with Gasteiger partial charge in [-0.3, -0.25) is 4.79 Å². The minimum absolute atomic E-state index is 0.0437. The molecule has 0 saturated carbocycles. The number of hydrogen-bond donors (Lipinski definition) is 0. The maximum absolute atomic E-state index is 11.7. The van der Waals surface area contributed by atoms with E-state index in [-0.39, 0.29) is 11.6 Å². The van der Waals surface area contributed by atoms with Crippen molar-refractivity contribution < 1.29 is 9.53 Å². The highest BCUT2D eigenvalue weighted by atomic mass is 16.6. The van der Waals surface area contributed by atoms with E-state index in [9.17, 15) is 4.79 Å². The maximum atomic E-state index is 11.7. The van der Waals surface area contributed by atoms with Crippen molar-refractivity contribution in [1.82, 2.24) is 4.90 Å². The van der Waals surface area contributed by atoms with Crippen LogP contribution in [0.3, 0.4) is 0 Å². The Labute approximate surface area is 188 Å². The van der Waals surface area contributed by atoms with Crippen LogP contribution in [0.15, 0.2) is 0 Å². The zero-order valence-corrected chi connectivity index (χ0v) is 21.0. The van der Waals surface area contributed by atoms with Crippen molar-refractivity contribution in [3.05, 3.63) is 0 Å². The van der Waals surface area contributed by atoms with Crippen LogP contribution in [0.4, 0.5) is 0 Å². The summed E-state index contributed by atoms with van der Waals surface area (Å²) < 4.78 is 5.35. The predicted molar refractivity (Wildman–Crippen MR) is 130 cm³/mol. The first-order chi connectivity index (χ1) is 14.4. The van der Waals surface area contributed by atoms with Gasteiger partial charge in [-0.2, -0.15) is 0 Å². The van der Waals surface area contributed by atoms with Gasteiger partial charge in [0.15, 0.2) is 0 Å². The summed E-state index contributed by atoms with van der Waals surface area (Å²) in [4.78, 5) is 14.3. The van der Waals surface area contributed by atoms with Crippen molar-refractivity contribution >= 4 is 5.97 Å². The molecule has 0 N–H and O–H groups in total. The largest absolute Gasteiger partial charge is 0.460 e. The van der Waals surface area contributed by atoms with Crippen LogP contribution in [0.2, 0.25) is 0 Å². The number of carbonyl (C=O) groups is 1. The SMILES string of the molecule is CCCCCCCCCCC1CN(CCCCCCCCCC(=O)OC(C)(C)C)C1. The highest BCUT2D eigenvalue weighted by Gasteiger charge is 2.25. The molecule has 1 heterocycles. The van der Waals surface area contributed by atoms with E-state index in [1.807, 2.05) is 20.8 Å². The number of carbonyl (C=O) groups excluding carboxylic acids is 1. The van der Waals surface area contributed by atoms with Gasteiger partial charge in [-0.15, -0.1) is 0 Å². The van der Waals surface area contributed by atoms with E-state index in [4.69, 9.17) is 4.74 Å². The smallest absolute Gasteiger partial charge is 0.306 e. The Balaban J connectivity index is 1.77. The van der Waals surface area contributed by atoms with Crippen LogP contribution in [0, 0.1) is 5.92 Å². The molecule has 30 heavy (non-hydrogen) atoms. The van der Waals surface area contributed by atoms with Crippen molar-refractivity contribution in [3.8, 4) is 0 Å². The van der Waals surface area contributed by atoms with Crippen molar-refractivity contribution in [2.75, 3.05) is 19.6 Å². The van der Waals surface area contributed by atoms with E-state index in [2.05, 4.69) is 11.8 Å². The summed E-state index contributed by atoms with van der Waals surface area (Å²) in [7, 11) is 0. The van der Waals surface area contributed by atoms with E-state index >= 15 is 0 Å². The normalized spacial score (nSPS) is 15.3. The highest BCUT2D eigenvalue weighted by Crippen LogP contribution is 2.23. The third-order valence-corrected chi connectivity index (χ3v) is 6.27. The van der Waals surface area contributed by atoms with Crippen LogP contribution >= 0.6 is 0 Å². The van der Waals surface area contributed by atoms with Gasteiger partial charge in [0.2, 0.25) is 0 Å². The van der Waals surface area contributed by atoms with Gasteiger partial charge in [0.25, 0.3) is 0 Å². The molecule has 3 heteroatoms. The summed E-state index contributed by atoms with van der Waals surface area (Å²) in [6.45, 7) is 12.1. The molecule has 0 spiro atoms. The van der Waals surface area contributed by atoms with E-state index in [1.54, 1.807) is 0 Å². The van der Waals surface area contributed by atoms with Gasteiger partial charge < -0.3 is 9.64 Å². The molecule has 3 nitrogen and oxygen atoms in total. The lowest BCUT2D eigenvalue weighted by atomic mass is 9.92. The average molecular weight is 424 g/mol. The quantitative estimate of drug-likeness (QED) is 0.156. The standard InChI is InChI=1S/C27H53NO2/c1-5-6-7-8-9-11-14-17-20-25-23-28(24-25)22-19-16-13-10-12-15-18-21-26(29)30-27(2,3)4/h25H,5-24H2,1-4H3. The maximum Gasteiger partial charge on any atom is 0.306 e. The molecule has 0 aromatic heterocycles. The summed E-state index contributed by atoms with van der Waals surface area (Å²) >= 11 is 0. The molecule has 0 amide bonds. The fourth-order valence-electron chi connectivity index (χ4n) is 4.49. The Morgan fingerprint density at radius 1 is 0.767 bits per heavy atom. The first-order valence-electron chi connectivity index (χ1n) is 13.3. The fourth-order valence-corrected chi connectivity index (χ4v) is 4.49. The molecule has 0 aromatic rings. The number of likely N-dealkylation sites (tertiary alicyclic amines) is 1. The molecule has 0 atom stereocenters. The molecule has 0 radical (unpaired) electrons. The summed E-state index contributed by atoms with van der Waals surface area (Å²) in [6, 6.07) is 0. The molecule has 0 unspecified atom stereocenters. The minimum atomic E-state index is -0.346. The van der Waals surface area contributed by atoms with Gasteiger partial charge in [-0.25, -0.2) is 0 Å². The second-order valence-electron chi connectivity index (χ2n) is 10.7. The van der Waals surface area contributed by atoms with Crippen molar-refractivity contribution in [2.24, 2.45) is 5.92 Å². The lowest BCUT2D eigenvalue weighted by Crippen LogP contribution is -2.46. The molecule has 1 rings (SSSR count). The van der Waals surface area contributed by atoms with Crippen molar-refractivity contribution in [3.63, 3.8) is 0 Å². The summed E-state index contributed by atoms with van der Waals surface area (Å²) in [5, 5.41) is 0. The fraction of sp³-hybridized carbons (Fsp3) is 0.963. The second kappa shape index (κ2) is 17.0. The topological polar surface area (TPSA) is 29.5 Å². The number of rotatable bonds is 19. The van der Waals surface area contributed by atoms with Gasteiger partial charge >= 0.3 is 5.97 Å². The third-order valence-electron chi connectivity index (χ3n) is 6.27. The van der Waals surface area contributed by atoms with Gasteiger partial charge in [0.05, 0.1) is 0 Å². The second-order valence-corrected chi connectivity index (χ2v) is 10.7. The zero-order chi connectivity index (χ0) is 22.1. The van der Waals surface area contributed by atoms with Crippen molar-refractivity contribution in [1.29, 1.82) is 0 Å². The molecular weight excluding hydrogens is 370 g/mol. The molecule has 1 aliphatic rings. The molecule has 1 fully saturated rings. The molecular formula is C27H53NO2. The minimum Gasteiger partial charge on any atom is -0.460 e. The molecule has 0 bridgehead atoms. The van der Waals surface area contributed by atoms with Crippen molar-refractivity contribution in [2.45, 2.75) is 142 Å². The third kappa shape index (κ3) is 16.2. The van der Waals surface area contributed by atoms with Gasteiger partial charge in [-0.1, -0.05) is 90.4 Å². The summed E-state index contributed by atoms with van der Waals surface area (Å²) in [5.41, 5.74) is -0.346. The monoisotopic (exact) mass is 423 g/mol. The number of esters is 1.